The van der Waals surface area contributed by atoms with E-state index in [1.54, 1.807) is 23.5 Å². The second-order valence-corrected chi connectivity index (χ2v) is 9.49. The summed E-state index contributed by atoms with van der Waals surface area (Å²) in [7, 11) is -3.26. The van der Waals surface area contributed by atoms with Crippen molar-refractivity contribution in [2.45, 2.75) is 25.3 Å². The molecule has 132 valence electrons. The highest BCUT2D eigenvalue weighted by molar-refractivity contribution is 7.92. The Balaban J connectivity index is 1.62. The van der Waals surface area contributed by atoms with Gasteiger partial charge in [-0.05, 0) is 54.5 Å². The highest BCUT2D eigenvalue weighted by Crippen LogP contribution is 2.36. The van der Waals surface area contributed by atoms with Crippen LogP contribution in [-0.4, -0.2) is 38.6 Å². The number of fused-ring (bicyclic) bond motifs is 1. The number of anilines is 1. The van der Waals surface area contributed by atoms with E-state index in [9.17, 15) is 13.2 Å². The SMILES string of the molecule is CS(=O)(=O)N1CCc2cc(C(=O)N3CCCC3c3cccs3)ccc21. The maximum atomic E-state index is 13.0. The smallest absolute Gasteiger partial charge is 0.254 e. The predicted molar refractivity (Wildman–Crippen MR) is 99.7 cm³/mol. The van der Waals surface area contributed by atoms with E-state index in [0.717, 1.165) is 24.9 Å². The van der Waals surface area contributed by atoms with E-state index in [2.05, 4.69) is 6.07 Å². The molecule has 0 N–H and O–H groups in total. The standard InChI is InChI=1S/C18H20N2O3S2/c1-25(22,23)20-10-8-13-12-14(6-7-15(13)20)18(21)19-9-2-4-16(19)17-5-3-11-24-17/h3,5-7,11-12,16H,2,4,8-10H2,1H3. The van der Waals surface area contributed by atoms with Crippen molar-refractivity contribution in [3.63, 3.8) is 0 Å². The van der Waals surface area contributed by atoms with Crippen LogP contribution in [0, 0.1) is 0 Å². The number of hydrogen-bond donors (Lipinski definition) is 0. The van der Waals surface area contributed by atoms with Crippen LogP contribution >= 0.6 is 11.3 Å². The molecule has 0 bridgehead atoms. The summed E-state index contributed by atoms with van der Waals surface area (Å²) in [5, 5.41) is 2.05. The van der Waals surface area contributed by atoms with Crippen LogP contribution in [0.25, 0.3) is 0 Å². The van der Waals surface area contributed by atoms with Gasteiger partial charge in [0.05, 0.1) is 18.0 Å². The lowest BCUT2D eigenvalue weighted by Crippen LogP contribution is -2.30. The van der Waals surface area contributed by atoms with Crippen molar-refractivity contribution >= 4 is 33.0 Å². The molecule has 1 fully saturated rings. The Hall–Kier alpha value is -1.86. The molecule has 0 spiro atoms. The molecule has 3 heterocycles. The number of carbonyl (C=O) groups excluding carboxylic acids is 1. The van der Waals surface area contributed by atoms with Crippen LogP contribution in [-0.2, 0) is 16.4 Å². The van der Waals surface area contributed by atoms with E-state index in [1.807, 2.05) is 22.4 Å². The summed E-state index contributed by atoms with van der Waals surface area (Å²) in [5.41, 5.74) is 2.29. The first kappa shape index (κ1) is 16.6. The molecule has 1 saturated heterocycles. The van der Waals surface area contributed by atoms with Gasteiger partial charge in [0.25, 0.3) is 5.91 Å². The normalized spacial score (nSPS) is 20.1. The Morgan fingerprint density at radius 3 is 2.80 bits per heavy atom. The first-order valence-corrected chi connectivity index (χ1v) is 11.1. The zero-order valence-corrected chi connectivity index (χ0v) is 15.6. The third kappa shape index (κ3) is 2.95. The van der Waals surface area contributed by atoms with E-state index in [4.69, 9.17) is 0 Å². The van der Waals surface area contributed by atoms with Crippen LogP contribution < -0.4 is 4.31 Å². The van der Waals surface area contributed by atoms with Crippen LogP contribution in [0.3, 0.4) is 0 Å². The van der Waals surface area contributed by atoms with Gasteiger partial charge in [-0.3, -0.25) is 9.10 Å². The number of amides is 1. The van der Waals surface area contributed by atoms with Crippen molar-refractivity contribution in [3.8, 4) is 0 Å². The monoisotopic (exact) mass is 376 g/mol. The highest BCUT2D eigenvalue weighted by atomic mass is 32.2. The fourth-order valence-corrected chi connectivity index (χ4v) is 5.63. The molecule has 1 aromatic heterocycles. The fraction of sp³-hybridized carbons (Fsp3) is 0.389. The molecule has 7 heteroatoms. The summed E-state index contributed by atoms with van der Waals surface area (Å²) in [5.74, 6) is 0.0384. The predicted octanol–water partition coefficient (Wildman–Crippen LogP) is 3.05. The molecule has 1 amide bonds. The third-order valence-electron chi connectivity index (χ3n) is 4.96. The maximum absolute atomic E-state index is 13.0. The first-order valence-electron chi connectivity index (χ1n) is 8.40. The van der Waals surface area contributed by atoms with Crippen molar-refractivity contribution in [2.24, 2.45) is 0 Å². The quantitative estimate of drug-likeness (QED) is 0.827. The number of hydrogen-bond acceptors (Lipinski definition) is 4. The highest BCUT2D eigenvalue weighted by Gasteiger charge is 2.32. The van der Waals surface area contributed by atoms with Gasteiger partial charge < -0.3 is 4.90 Å². The van der Waals surface area contributed by atoms with Gasteiger partial charge in [0.1, 0.15) is 0 Å². The van der Waals surface area contributed by atoms with Crippen LogP contribution in [0.2, 0.25) is 0 Å². The summed E-state index contributed by atoms with van der Waals surface area (Å²) in [4.78, 5) is 16.2. The lowest BCUT2D eigenvalue weighted by molar-refractivity contribution is 0.0738. The Morgan fingerprint density at radius 2 is 2.08 bits per heavy atom. The number of thiophene rings is 1. The number of nitrogens with zero attached hydrogens (tertiary/aromatic N) is 2. The molecule has 1 aromatic carbocycles. The minimum Gasteiger partial charge on any atom is -0.331 e. The number of likely N-dealkylation sites (tertiary alicyclic amines) is 1. The van der Waals surface area contributed by atoms with Gasteiger partial charge in [0.15, 0.2) is 0 Å². The van der Waals surface area contributed by atoms with Crippen molar-refractivity contribution in [1.29, 1.82) is 0 Å². The number of benzene rings is 1. The second-order valence-electron chi connectivity index (χ2n) is 6.60. The molecule has 0 radical (unpaired) electrons. The van der Waals surface area contributed by atoms with Gasteiger partial charge in [0, 0.05) is 23.5 Å². The Kier molecular flexibility index (Phi) is 4.08. The first-order chi connectivity index (χ1) is 11.9. The molecule has 0 aliphatic carbocycles. The van der Waals surface area contributed by atoms with Crippen molar-refractivity contribution in [1.82, 2.24) is 4.90 Å². The van der Waals surface area contributed by atoms with Gasteiger partial charge in [0.2, 0.25) is 10.0 Å². The molecule has 2 aliphatic heterocycles. The molecule has 5 nitrogen and oxygen atoms in total. The van der Waals surface area contributed by atoms with E-state index >= 15 is 0 Å². The zero-order chi connectivity index (χ0) is 17.6. The average Bonchev–Trinajstić information content (AvgIpc) is 3.30. The molecule has 1 atom stereocenters. The van der Waals surface area contributed by atoms with E-state index in [1.165, 1.54) is 15.4 Å². The van der Waals surface area contributed by atoms with Gasteiger partial charge in [-0.1, -0.05) is 6.07 Å². The lowest BCUT2D eigenvalue weighted by atomic mass is 10.1. The lowest BCUT2D eigenvalue weighted by Gasteiger charge is -2.24. The minimum absolute atomic E-state index is 0.0384. The van der Waals surface area contributed by atoms with Crippen LogP contribution in [0.5, 0.6) is 0 Å². The molecule has 2 aliphatic rings. The fourth-order valence-electron chi connectivity index (χ4n) is 3.80. The Bertz CT molecular complexity index is 906. The summed E-state index contributed by atoms with van der Waals surface area (Å²) in [6, 6.07) is 9.67. The van der Waals surface area contributed by atoms with Gasteiger partial charge in [-0.25, -0.2) is 8.42 Å². The van der Waals surface area contributed by atoms with E-state index in [-0.39, 0.29) is 11.9 Å². The topological polar surface area (TPSA) is 57.7 Å². The summed E-state index contributed by atoms with van der Waals surface area (Å²) < 4.78 is 25.1. The summed E-state index contributed by atoms with van der Waals surface area (Å²) in [6.07, 6.45) is 3.88. The van der Waals surface area contributed by atoms with E-state index < -0.39 is 10.0 Å². The van der Waals surface area contributed by atoms with Crippen molar-refractivity contribution < 1.29 is 13.2 Å². The van der Waals surface area contributed by atoms with Gasteiger partial charge >= 0.3 is 0 Å². The molecule has 1 unspecified atom stereocenters. The maximum Gasteiger partial charge on any atom is 0.254 e. The van der Waals surface area contributed by atoms with Crippen LogP contribution in [0.4, 0.5) is 5.69 Å². The molecule has 25 heavy (non-hydrogen) atoms. The van der Waals surface area contributed by atoms with Crippen molar-refractivity contribution in [2.75, 3.05) is 23.7 Å². The molecule has 4 rings (SSSR count). The van der Waals surface area contributed by atoms with Crippen LogP contribution in [0.15, 0.2) is 35.7 Å². The summed E-state index contributed by atoms with van der Waals surface area (Å²) in [6.45, 7) is 1.22. The molecule has 0 saturated carbocycles. The second kappa shape index (κ2) is 6.14. The molecular weight excluding hydrogens is 356 g/mol. The van der Waals surface area contributed by atoms with Crippen molar-refractivity contribution in [3.05, 3.63) is 51.7 Å². The van der Waals surface area contributed by atoms with Gasteiger partial charge in [-0.15, -0.1) is 11.3 Å². The largest absolute Gasteiger partial charge is 0.331 e. The number of rotatable bonds is 3. The summed E-state index contributed by atoms with van der Waals surface area (Å²) >= 11 is 1.69. The Labute approximate surface area is 151 Å². The molecule has 2 aromatic rings. The zero-order valence-electron chi connectivity index (χ0n) is 14.0. The number of sulfonamides is 1. The third-order valence-corrected chi connectivity index (χ3v) is 7.12. The minimum atomic E-state index is -3.26. The average molecular weight is 377 g/mol. The molecular formula is C18H20N2O3S2. The number of carbonyl (C=O) groups is 1. The van der Waals surface area contributed by atoms with E-state index in [0.29, 0.717) is 24.2 Å². The van der Waals surface area contributed by atoms with Gasteiger partial charge in [-0.2, -0.15) is 0 Å². The van der Waals surface area contributed by atoms with Crippen LogP contribution in [0.1, 0.15) is 39.7 Å². The Morgan fingerprint density at radius 1 is 1.24 bits per heavy atom.